The van der Waals surface area contributed by atoms with Crippen LogP contribution in [0, 0.1) is 0 Å². The van der Waals surface area contributed by atoms with Gasteiger partial charge in [0.15, 0.2) is 5.96 Å². The van der Waals surface area contributed by atoms with Gasteiger partial charge in [0.1, 0.15) is 5.75 Å². The highest BCUT2D eigenvalue weighted by atomic mass is 127. The van der Waals surface area contributed by atoms with Gasteiger partial charge in [0.2, 0.25) is 0 Å². The summed E-state index contributed by atoms with van der Waals surface area (Å²) in [6.45, 7) is 5.92. The summed E-state index contributed by atoms with van der Waals surface area (Å²) in [4.78, 5) is 4.28. The van der Waals surface area contributed by atoms with Crippen LogP contribution in [0.5, 0.6) is 5.75 Å². The lowest BCUT2D eigenvalue weighted by Gasteiger charge is -2.13. The molecule has 0 radical (unpaired) electrons. The van der Waals surface area contributed by atoms with E-state index in [1.54, 1.807) is 14.2 Å². The molecule has 0 saturated heterocycles. The van der Waals surface area contributed by atoms with Gasteiger partial charge in [-0.1, -0.05) is 36.4 Å². The van der Waals surface area contributed by atoms with Crippen LogP contribution in [0.4, 0.5) is 0 Å². The summed E-state index contributed by atoms with van der Waals surface area (Å²) in [7, 11) is 3.44. The third-order valence-corrected chi connectivity index (χ3v) is 4.14. The molecule has 0 aromatic heterocycles. The minimum atomic E-state index is 0. The third-order valence-electron chi connectivity index (χ3n) is 4.14. The van der Waals surface area contributed by atoms with Gasteiger partial charge < -0.3 is 24.8 Å². The average molecular weight is 513 g/mol. The van der Waals surface area contributed by atoms with E-state index in [4.69, 9.17) is 14.2 Å². The molecule has 2 aromatic rings. The molecule has 0 aliphatic rings. The lowest BCUT2D eigenvalue weighted by Crippen LogP contribution is -2.36. The second kappa shape index (κ2) is 15.1. The van der Waals surface area contributed by atoms with E-state index in [9.17, 15) is 0 Å². The predicted molar refractivity (Wildman–Crippen MR) is 128 cm³/mol. The molecule has 0 bridgehead atoms. The summed E-state index contributed by atoms with van der Waals surface area (Å²) < 4.78 is 16.1. The molecule has 0 amide bonds. The number of ether oxygens (including phenoxy) is 3. The molecule has 0 heterocycles. The lowest BCUT2D eigenvalue weighted by molar-refractivity contribution is 0.0453. The first kappa shape index (κ1) is 25.2. The van der Waals surface area contributed by atoms with Crippen LogP contribution in [0.3, 0.4) is 0 Å². The largest absolute Gasteiger partial charge is 0.497 e. The van der Waals surface area contributed by atoms with Crippen molar-refractivity contribution in [3.63, 3.8) is 0 Å². The maximum Gasteiger partial charge on any atom is 0.191 e. The molecule has 29 heavy (non-hydrogen) atoms. The summed E-state index contributed by atoms with van der Waals surface area (Å²) in [5.74, 6) is 1.61. The van der Waals surface area contributed by atoms with E-state index >= 15 is 0 Å². The van der Waals surface area contributed by atoms with Crippen molar-refractivity contribution in [1.82, 2.24) is 10.6 Å². The maximum atomic E-state index is 5.64. The molecule has 2 aromatic carbocycles. The van der Waals surface area contributed by atoms with Crippen molar-refractivity contribution in [2.24, 2.45) is 4.99 Å². The van der Waals surface area contributed by atoms with Gasteiger partial charge in [0.25, 0.3) is 0 Å². The van der Waals surface area contributed by atoms with Crippen molar-refractivity contribution in [2.75, 3.05) is 34.0 Å². The van der Waals surface area contributed by atoms with Crippen LogP contribution in [-0.4, -0.2) is 39.9 Å². The van der Waals surface area contributed by atoms with Gasteiger partial charge in [0.05, 0.1) is 26.9 Å². The van der Waals surface area contributed by atoms with Crippen LogP contribution in [0.25, 0.3) is 0 Å². The van der Waals surface area contributed by atoms with Gasteiger partial charge in [-0.3, -0.25) is 4.99 Å². The van der Waals surface area contributed by atoms with Crippen molar-refractivity contribution in [2.45, 2.75) is 26.6 Å². The number of methoxy groups -OCH3 is 1. The first-order valence-corrected chi connectivity index (χ1v) is 9.56. The van der Waals surface area contributed by atoms with Crippen LogP contribution in [0.15, 0.2) is 53.5 Å². The van der Waals surface area contributed by atoms with Crippen molar-refractivity contribution in [1.29, 1.82) is 0 Å². The Bertz CT molecular complexity index is 723. The number of aliphatic imine (C=N–C) groups is 1. The molecule has 0 aliphatic carbocycles. The Balaban J connectivity index is 0.00000420. The highest BCUT2D eigenvalue weighted by Crippen LogP contribution is 2.11. The quantitative estimate of drug-likeness (QED) is 0.208. The van der Waals surface area contributed by atoms with E-state index in [0.29, 0.717) is 32.9 Å². The number of halogens is 1. The second-order valence-corrected chi connectivity index (χ2v) is 6.20. The highest BCUT2D eigenvalue weighted by Gasteiger charge is 2.01. The summed E-state index contributed by atoms with van der Waals surface area (Å²) in [6, 6.07) is 16.3. The van der Waals surface area contributed by atoms with Gasteiger partial charge in [-0.25, -0.2) is 0 Å². The standard InChI is InChI=1S/C22H31N3O3.HI/c1-4-27-12-13-28-17-20-7-5-6-19(14-20)16-25-22(23-2)24-15-18-8-10-21(26-3)11-9-18;/h5-11,14H,4,12-13,15-17H2,1-3H3,(H2,23,24,25);1H. The fourth-order valence-electron chi connectivity index (χ4n) is 2.62. The van der Waals surface area contributed by atoms with Gasteiger partial charge in [0, 0.05) is 26.7 Å². The topological polar surface area (TPSA) is 64.1 Å². The smallest absolute Gasteiger partial charge is 0.191 e. The van der Waals surface area contributed by atoms with E-state index in [-0.39, 0.29) is 24.0 Å². The van der Waals surface area contributed by atoms with Gasteiger partial charge >= 0.3 is 0 Å². The lowest BCUT2D eigenvalue weighted by atomic mass is 10.1. The molecule has 0 aliphatic heterocycles. The Labute approximate surface area is 191 Å². The Morgan fingerprint density at radius 2 is 1.55 bits per heavy atom. The molecule has 160 valence electrons. The fraction of sp³-hybridized carbons (Fsp3) is 0.409. The van der Waals surface area contributed by atoms with Crippen LogP contribution < -0.4 is 15.4 Å². The van der Waals surface area contributed by atoms with E-state index < -0.39 is 0 Å². The molecule has 2 rings (SSSR count). The van der Waals surface area contributed by atoms with Gasteiger partial charge in [-0.2, -0.15) is 0 Å². The normalized spacial score (nSPS) is 10.9. The molecule has 2 N–H and O–H groups in total. The molecule has 0 atom stereocenters. The summed E-state index contributed by atoms with van der Waals surface area (Å²) in [6.07, 6.45) is 0. The molecule has 0 saturated carbocycles. The Morgan fingerprint density at radius 1 is 0.897 bits per heavy atom. The minimum absolute atomic E-state index is 0. The summed E-state index contributed by atoms with van der Waals surface area (Å²) in [5.41, 5.74) is 3.49. The summed E-state index contributed by atoms with van der Waals surface area (Å²) in [5, 5.41) is 6.66. The number of hydrogen-bond acceptors (Lipinski definition) is 4. The zero-order valence-electron chi connectivity index (χ0n) is 17.4. The van der Waals surface area contributed by atoms with E-state index in [1.807, 2.05) is 37.3 Å². The van der Waals surface area contributed by atoms with Crippen molar-refractivity contribution in [3.05, 3.63) is 65.2 Å². The minimum Gasteiger partial charge on any atom is -0.497 e. The monoisotopic (exact) mass is 513 g/mol. The molecule has 7 heteroatoms. The SMILES string of the molecule is CCOCCOCc1cccc(CNC(=NC)NCc2ccc(OC)cc2)c1.I. The number of benzene rings is 2. The number of guanidine groups is 1. The van der Waals surface area contributed by atoms with E-state index in [0.717, 1.165) is 29.4 Å². The Kier molecular flexibility index (Phi) is 13.1. The fourth-order valence-corrected chi connectivity index (χ4v) is 2.62. The molecular formula is C22H32IN3O3. The first-order chi connectivity index (χ1) is 13.7. The number of hydrogen-bond donors (Lipinski definition) is 2. The van der Waals surface area contributed by atoms with Crippen molar-refractivity contribution >= 4 is 29.9 Å². The van der Waals surface area contributed by atoms with Gasteiger partial charge in [-0.05, 0) is 35.7 Å². The predicted octanol–water partition coefficient (Wildman–Crippen LogP) is 3.73. The van der Waals surface area contributed by atoms with Crippen LogP contribution in [0.1, 0.15) is 23.6 Å². The van der Waals surface area contributed by atoms with E-state index in [1.165, 1.54) is 5.56 Å². The Morgan fingerprint density at radius 3 is 2.21 bits per heavy atom. The van der Waals surface area contributed by atoms with Crippen molar-refractivity contribution < 1.29 is 14.2 Å². The van der Waals surface area contributed by atoms with E-state index in [2.05, 4.69) is 33.8 Å². The molecule has 0 fully saturated rings. The highest BCUT2D eigenvalue weighted by molar-refractivity contribution is 14.0. The van der Waals surface area contributed by atoms with Crippen LogP contribution >= 0.6 is 24.0 Å². The second-order valence-electron chi connectivity index (χ2n) is 6.20. The van der Waals surface area contributed by atoms with Crippen LogP contribution in [-0.2, 0) is 29.2 Å². The number of nitrogens with zero attached hydrogens (tertiary/aromatic N) is 1. The first-order valence-electron chi connectivity index (χ1n) is 9.56. The molecule has 0 unspecified atom stereocenters. The van der Waals surface area contributed by atoms with Crippen LogP contribution in [0.2, 0.25) is 0 Å². The van der Waals surface area contributed by atoms with Gasteiger partial charge in [-0.15, -0.1) is 24.0 Å². The zero-order valence-corrected chi connectivity index (χ0v) is 19.8. The van der Waals surface area contributed by atoms with Crippen molar-refractivity contribution in [3.8, 4) is 5.75 Å². The summed E-state index contributed by atoms with van der Waals surface area (Å²) >= 11 is 0. The third kappa shape index (κ3) is 9.96. The maximum absolute atomic E-state index is 5.64. The average Bonchev–Trinajstić information content (AvgIpc) is 2.74. The Hall–Kier alpha value is -1.84. The molecule has 0 spiro atoms. The molecule has 6 nitrogen and oxygen atoms in total. The zero-order chi connectivity index (χ0) is 20.0. The number of nitrogens with one attached hydrogen (secondary N) is 2. The molecular weight excluding hydrogens is 481 g/mol. The number of rotatable bonds is 11.